The summed E-state index contributed by atoms with van der Waals surface area (Å²) >= 11 is 5.82. The lowest BCUT2D eigenvalue weighted by molar-refractivity contribution is -0.385. The monoisotopic (exact) mass is 285 g/mol. The van der Waals surface area contributed by atoms with Gasteiger partial charge < -0.3 is 11.1 Å². The lowest BCUT2D eigenvalue weighted by Crippen LogP contribution is -2.17. The molecule has 0 radical (unpaired) electrons. The van der Waals surface area contributed by atoms with Gasteiger partial charge >= 0.3 is 0 Å². The summed E-state index contributed by atoms with van der Waals surface area (Å²) in [7, 11) is 0. The van der Waals surface area contributed by atoms with Gasteiger partial charge in [0.05, 0.1) is 4.92 Å². The Kier molecular flexibility index (Phi) is 6.24. The van der Waals surface area contributed by atoms with Crippen molar-refractivity contribution in [1.82, 2.24) is 5.32 Å². The van der Waals surface area contributed by atoms with Gasteiger partial charge in [-0.3, -0.25) is 14.9 Å². The molecule has 1 aromatic carbocycles. The van der Waals surface area contributed by atoms with Crippen LogP contribution in [0.1, 0.15) is 24.8 Å². The molecule has 7 heteroatoms. The maximum Gasteiger partial charge on any atom is 0.273 e. The number of unbranched alkanes of at least 4 members (excludes halogenated alkanes) is 1. The molecule has 0 spiro atoms. The zero-order valence-corrected chi connectivity index (χ0v) is 11.2. The summed E-state index contributed by atoms with van der Waals surface area (Å²) in [6.45, 7) is 1.03. The molecule has 0 fully saturated rings. The number of rotatable bonds is 8. The summed E-state index contributed by atoms with van der Waals surface area (Å²) in [5.41, 5.74) is 5.62. The lowest BCUT2D eigenvalue weighted by atomic mass is 10.1. The molecular weight excluding hydrogens is 270 g/mol. The van der Waals surface area contributed by atoms with Gasteiger partial charge in [0.1, 0.15) is 0 Å². The van der Waals surface area contributed by atoms with Crippen LogP contribution < -0.4 is 11.1 Å². The third-order valence-electron chi connectivity index (χ3n) is 2.58. The minimum atomic E-state index is -0.430. The fourth-order valence-electron chi connectivity index (χ4n) is 1.65. The molecule has 0 saturated carbocycles. The van der Waals surface area contributed by atoms with Crippen LogP contribution in [0.5, 0.6) is 0 Å². The van der Waals surface area contributed by atoms with Crippen LogP contribution in [0.15, 0.2) is 18.2 Å². The number of halogens is 1. The van der Waals surface area contributed by atoms with E-state index < -0.39 is 4.92 Å². The summed E-state index contributed by atoms with van der Waals surface area (Å²) in [6, 6.07) is 4.47. The van der Waals surface area contributed by atoms with Crippen molar-refractivity contribution in [3.8, 4) is 0 Å². The first-order valence-electron chi connectivity index (χ1n) is 5.92. The molecule has 0 bridgehead atoms. The first-order chi connectivity index (χ1) is 9.00. The van der Waals surface area contributed by atoms with Gasteiger partial charge in [0.15, 0.2) is 0 Å². The van der Waals surface area contributed by atoms with Gasteiger partial charge in [0.25, 0.3) is 5.69 Å². The molecule has 1 aromatic rings. The van der Waals surface area contributed by atoms with Gasteiger partial charge in [0.2, 0.25) is 5.91 Å². The maximum atomic E-state index is 10.8. The highest BCUT2D eigenvalue weighted by Crippen LogP contribution is 2.22. The smallest absolute Gasteiger partial charge is 0.273 e. The number of primary amides is 1. The molecule has 19 heavy (non-hydrogen) atoms. The van der Waals surface area contributed by atoms with Gasteiger partial charge in [-0.25, -0.2) is 0 Å². The number of amides is 1. The summed E-state index contributed by atoms with van der Waals surface area (Å²) in [6.07, 6.45) is 1.86. The van der Waals surface area contributed by atoms with Crippen LogP contribution in [-0.4, -0.2) is 17.4 Å². The minimum Gasteiger partial charge on any atom is -0.370 e. The van der Waals surface area contributed by atoms with Crippen molar-refractivity contribution in [2.24, 2.45) is 5.73 Å². The summed E-state index contributed by atoms with van der Waals surface area (Å²) in [5.74, 6) is -0.314. The fraction of sp³-hybridized carbons (Fsp3) is 0.417. The van der Waals surface area contributed by atoms with Gasteiger partial charge in [-0.15, -0.1) is 0 Å². The Balaban J connectivity index is 2.42. The number of nitrogens with one attached hydrogen (secondary N) is 1. The van der Waals surface area contributed by atoms with E-state index in [0.29, 0.717) is 36.5 Å². The van der Waals surface area contributed by atoms with Crippen molar-refractivity contribution in [2.45, 2.75) is 25.8 Å². The molecule has 6 nitrogen and oxygen atoms in total. The van der Waals surface area contributed by atoms with E-state index in [1.165, 1.54) is 12.1 Å². The average Bonchev–Trinajstić information content (AvgIpc) is 2.33. The molecule has 1 rings (SSSR count). The van der Waals surface area contributed by atoms with Gasteiger partial charge in [0, 0.05) is 29.6 Å². The standard InChI is InChI=1S/C12H16ClN3O3/c13-10-4-5-11(16(18)19)9(7-10)8-15-6-2-1-3-12(14)17/h4-5,7,15H,1-3,6,8H2,(H2,14,17). The highest BCUT2D eigenvalue weighted by molar-refractivity contribution is 6.30. The van der Waals surface area contributed by atoms with Crippen molar-refractivity contribution in [2.75, 3.05) is 6.54 Å². The molecule has 0 saturated heterocycles. The number of nitro groups is 1. The van der Waals surface area contributed by atoms with E-state index in [1.807, 2.05) is 0 Å². The van der Waals surface area contributed by atoms with Crippen LogP contribution in [-0.2, 0) is 11.3 Å². The molecule has 0 aromatic heterocycles. The predicted octanol–water partition coefficient (Wildman–Crippen LogP) is 1.99. The molecular formula is C12H16ClN3O3. The second-order valence-corrected chi connectivity index (χ2v) is 4.57. The summed E-state index contributed by atoms with van der Waals surface area (Å²) in [4.78, 5) is 20.9. The number of hydrogen-bond donors (Lipinski definition) is 2. The zero-order chi connectivity index (χ0) is 14.3. The number of carbonyl (C=O) groups is 1. The topological polar surface area (TPSA) is 98.3 Å². The molecule has 0 heterocycles. The van der Waals surface area contributed by atoms with Gasteiger partial charge in [-0.05, 0) is 31.5 Å². The molecule has 0 unspecified atom stereocenters. The number of carbonyl (C=O) groups excluding carboxylic acids is 1. The van der Waals surface area contributed by atoms with Crippen LogP contribution in [0, 0.1) is 10.1 Å². The van der Waals surface area contributed by atoms with Crippen LogP contribution in [0.3, 0.4) is 0 Å². The molecule has 1 amide bonds. The summed E-state index contributed by atoms with van der Waals surface area (Å²) in [5, 5.41) is 14.4. The SMILES string of the molecule is NC(=O)CCCCNCc1cc(Cl)ccc1[N+](=O)[O-]. The Bertz CT molecular complexity index is 466. The lowest BCUT2D eigenvalue weighted by Gasteiger charge is -2.06. The Labute approximate surface area is 116 Å². The Morgan fingerprint density at radius 3 is 2.79 bits per heavy atom. The third-order valence-corrected chi connectivity index (χ3v) is 2.82. The first-order valence-corrected chi connectivity index (χ1v) is 6.30. The van der Waals surface area contributed by atoms with Crippen molar-refractivity contribution in [3.63, 3.8) is 0 Å². The van der Waals surface area contributed by atoms with Crippen LogP contribution >= 0.6 is 11.6 Å². The Morgan fingerprint density at radius 2 is 2.16 bits per heavy atom. The van der Waals surface area contributed by atoms with Crippen molar-refractivity contribution < 1.29 is 9.72 Å². The van der Waals surface area contributed by atoms with Crippen molar-refractivity contribution in [1.29, 1.82) is 0 Å². The normalized spacial score (nSPS) is 10.4. The van der Waals surface area contributed by atoms with Crippen LogP contribution in [0.25, 0.3) is 0 Å². The number of nitrogens with two attached hydrogens (primary N) is 1. The van der Waals surface area contributed by atoms with E-state index in [-0.39, 0.29) is 11.6 Å². The Morgan fingerprint density at radius 1 is 1.42 bits per heavy atom. The molecule has 104 valence electrons. The van der Waals surface area contributed by atoms with E-state index in [1.54, 1.807) is 6.07 Å². The van der Waals surface area contributed by atoms with Crippen LogP contribution in [0.4, 0.5) is 5.69 Å². The van der Waals surface area contributed by atoms with E-state index >= 15 is 0 Å². The summed E-state index contributed by atoms with van der Waals surface area (Å²) < 4.78 is 0. The number of benzene rings is 1. The third kappa shape index (κ3) is 5.67. The molecule has 3 N–H and O–H groups in total. The molecule has 0 atom stereocenters. The predicted molar refractivity (Wildman–Crippen MR) is 72.9 cm³/mol. The van der Waals surface area contributed by atoms with E-state index in [9.17, 15) is 14.9 Å². The van der Waals surface area contributed by atoms with E-state index in [4.69, 9.17) is 17.3 Å². The number of nitrogens with zero attached hydrogens (tertiary/aromatic N) is 1. The van der Waals surface area contributed by atoms with Gasteiger partial charge in [-0.2, -0.15) is 0 Å². The van der Waals surface area contributed by atoms with Crippen LogP contribution in [0.2, 0.25) is 5.02 Å². The highest BCUT2D eigenvalue weighted by atomic mass is 35.5. The molecule has 0 aliphatic rings. The highest BCUT2D eigenvalue weighted by Gasteiger charge is 2.13. The number of hydrogen-bond acceptors (Lipinski definition) is 4. The largest absolute Gasteiger partial charge is 0.370 e. The van der Waals surface area contributed by atoms with Gasteiger partial charge in [-0.1, -0.05) is 11.6 Å². The second-order valence-electron chi connectivity index (χ2n) is 4.13. The minimum absolute atomic E-state index is 0.0500. The number of nitro benzene ring substituents is 1. The fourth-order valence-corrected chi connectivity index (χ4v) is 1.84. The van der Waals surface area contributed by atoms with Crippen molar-refractivity contribution in [3.05, 3.63) is 38.9 Å². The first kappa shape index (κ1) is 15.4. The van der Waals surface area contributed by atoms with E-state index in [2.05, 4.69) is 5.32 Å². The molecule has 0 aliphatic carbocycles. The average molecular weight is 286 g/mol. The quantitative estimate of drug-likeness (QED) is 0.433. The Hall–Kier alpha value is -1.66. The zero-order valence-electron chi connectivity index (χ0n) is 10.4. The van der Waals surface area contributed by atoms with E-state index in [0.717, 1.165) is 6.42 Å². The molecule has 0 aliphatic heterocycles. The van der Waals surface area contributed by atoms with Crippen molar-refractivity contribution >= 4 is 23.2 Å². The second kappa shape index (κ2) is 7.70. The maximum absolute atomic E-state index is 10.8.